The molecule has 8 heteroatoms. The van der Waals surface area contributed by atoms with Crippen LogP contribution in [0.3, 0.4) is 0 Å². The average Bonchev–Trinajstić information content (AvgIpc) is 3.38. The van der Waals surface area contributed by atoms with Crippen molar-refractivity contribution in [2.24, 2.45) is 0 Å². The lowest BCUT2D eigenvalue weighted by Gasteiger charge is -2.05. The number of hydrogen-bond acceptors (Lipinski definition) is 5. The molecule has 1 N–H and O–H groups in total. The number of amides is 1. The van der Waals surface area contributed by atoms with Crippen molar-refractivity contribution in [3.05, 3.63) is 92.9 Å². The number of nitrogens with zero attached hydrogens (tertiary/aromatic N) is 3. The van der Waals surface area contributed by atoms with Gasteiger partial charge in [0.05, 0.1) is 11.4 Å². The van der Waals surface area contributed by atoms with E-state index in [0.717, 1.165) is 22.4 Å². The number of hydrogen-bond donors (Lipinski definition) is 1. The van der Waals surface area contributed by atoms with E-state index >= 15 is 0 Å². The van der Waals surface area contributed by atoms with Crippen LogP contribution in [0.1, 0.15) is 26.4 Å². The number of aryl methyl sites for hydroxylation is 1. The van der Waals surface area contributed by atoms with Gasteiger partial charge in [-0.1, -0.05) is 35.9 Å². The summed E-state index contributed by atoms with van der Waals surface area (Å²) in [4.78, 5) is 17.2. The van der Waals surface area contributed by atoms with Gasteiger partial charge in [-0.05, 0) is 53.8 Å². The molecule has 0 unspecified atom stereocenters. The second-order valence-electron chi connectivity index (χ2n) is 6.77. The van der Waals surface area contributed by atoms with E-state index in [1.807, 2.05) is 66.9 Å². The maximum Gasteiger partial charge on any atom is 0.268 e. The topological polar surface area (TPSA) is 69.0 Å². The Hall–Kier alpha value is -3.16. The zero-order chi connectivity index (χ0) is 20.9. The van der Waals surface area contributed by atoms with Crippen molar-refractivity contribution in [3.63, 3.8) is 0 Å². The Kier molecular flexibility index (Phi) is 6.11. The van der Waals surface area contributed by atoms with Crippen LogP contribution in [0.5, 0.6) is 5.75 Å². The summed E-state index contributed by atoms with van der Waals surface area (Å²) in [6.07, 6.45) is 1.58. The van der Waals surface area contributed by atoms with E-state index in [0.29, 0.717) is 23.1 Å². The Morgan fingerprint density at radius 2 is 2.00 bits per heavy atom. The van der Waals surface area contributed by atoms with Crippen molar-refractivity contribution in [1.29, 1.82) is 0 Å². The summed E-state index contributed by atoms with van der Waals surface area (Å²) in [5.41, 5.74) is 3.12. The predicted molar refractivity (Wildman–Crippen MR) is 118 cm³/mol. The minimum absolute atomic E-state index is 0.244. The van der Waals surface area contributed by atoms with Crippen LogP contribution in [0, 0.1) is 6.92 Å². The molecule has 1 amide bonds. The Balaban J connectivity index is 1.33. The average molecular weight is 439 g/mol. The number of carbonyl (C=O) groups is 1. The molecule has 0 bridgehead atoms. The van der Waals surface area contributed by atoms with Crippen molar-refractivity contribution >= 4 is 34.8 Å². The largest absolute Gasteiger partial charge is 0.489 e. The zero-order valence-corrected chi connectivity index (χ0v) is 17.8. The van der Waals surface area contributed by atoms with Crippen LogP contribution in [0.4, 0.5) is 5.95 Å². The lowest BCUT2D eigenvalue weighted by molar-refractivity contribution is 0.102. The van der Waals surface area contributed by atoms with E-state index < -0.39 is 0 Å². The minimum atomic E-state index is -0.244. The second kappa shape index (κ2) is 9.11. The summed E-state index contributed by atoms with van der Waals surface area (Å²) in [7, 11) is 0. The minimum Gasteiger partial charge on any atom is -0.489 e. The maximum atomic E-state index is 12.5. The number of rotatable bonds is 7. The molecule has 2 aromatic heterocycles. The summed E-state index contributed by atoms with van der Waals surface area (Å²) in [6.45, 7) is 2.96. The molecule has 2 heterocycles. The number of thiophene rings is 1. The molecule has 0 aliphatic heterocycles. The summed E-state index contributed by atoms with van der Waals surface area (Å²) in [6, 6.07) is 17.2. The van der Waals surface area contributed by atoms with E-state index in [2.05, 4.69) is 15.4 Å². The van der Waals surface area contributed by atoms with Crippen molar-refractivity contribution in [1.82, 2.24) is 14.8 Å². The fourth-order valence-electron chi connectivity index (χ4n) is 2.81. The van der Waals surface area contributed by atoms with Crippen molar-refractivity contribution in [2.45, 2.75) is 20.1 Å². The first-order valence-corrected chi connectivity index (χ1v) is 10.5. The van der Waals surface area contributed by atoms with Gasteiger partial charge in [0, 0.05) is 10.6 Å². The Labute approximate surface area is 183 Å². The van der Waals surface area contributed by atoms with E-state index in [-0.39, 0.29) is 11.9 Å². The van der Waals surface area contributed by atoms with Crippen molar-refractivity contribution < 1.29 is 9.53 Å². The highest BCUT2D eigenvalue weighted by molar-refractivity contribution is 7.12. The fourth-order valence-corrected chi connectivity index (χ4v) is 3.73. The number of nitrogens with one attached hydrogen (secondary N) is 1. The first kappa shape index (κ1) is 20.1. The van der Waals surface area contributed by atoms with Gasteiger partial charge in [-0.3, -0.25) is 10.1 Å². The highest BCUT2D eigenvalue weighted by atomic mass is 35.5. The summed E-state index contributed by atoms with van der Waals surface area (Å²) in [5.74, 6) is 0.827. The molecule has 0 spiro atoms. The molecule has 4 aromatic rings. The normalized spacial score (nSPS) is 10.7. The van der Waals surface area contributed by atoms with Crippen LogP contribution in [0.15, 0.2) is 66.3 Å². The monoisotopic (exact) mass is 438 g/mol. The molecule has 30 heavy (non-hydrogen) atoms. The first-order chi connectivity index (χ1) is 14.5. The summed E-state index contributed by atoms with van der Waals surface area (Å²) < 4.78 is 7.45. The molecule has 0 aliphatic rings. The molecule has 0 atom stereocenters. The lowest BCUT2D eigenvalue weighted by Crippen LogP contribution is -2.12. The number of anilines is 1. The molecule has 2 aromatic carbocycles. The maximum absolute atomic E-state index is 12.5. The van der Waals surface area contributed by atoms with Crippen LogP contribution in [0.2, 0.25) is 5.02 Å². The van der Waals surface area contributed by atoms with Gasteiger partial charge >= 0.3 is 0 Å². The summed E-state index contributed by atoms with van der Waals surface area (Å²) >= 11 is 7.26. The van der Waals surface area contributed by atoms with Gasteiger partial charge in [0.25, 0.3) is 5.91 Å². The number of ether oxygens (including phenoxy) is 1. The molecule has 0 saturated heterocycles. The van der Waals surface area contributed by atoms with E-state index in [1.54, 1.807) is 11.0 Å². The number of aromatic nitrogens is 3. The Morgan fingerprint density at radius 3 is 2.80 bits per heavy atom. The van der Waals surface area contributed by atoms with Crippen LogP contribution in [-0.4, -0.2) is 20.7 Å². The highest BCUT2D eigenvalue weighted by Crippen LogP contribution is 2.19. The molecule has 6 nitrogen and oxygen atoms in total. The standard InChI is InChI=1S/C22H19ClN4O2S/c1-15-3-2-4-19(9-15)29-12-17-10-20(30-13-17)21(28)25-22-24-14-27(26-22)11-16-5-7-18(23)8-6-16/h2-10,13-14H,11-12H2,1H3,(H,25,26,28). The molecule has 4 rings (SSSR count). The van der Waals surface area contributed by atoms with Gasteiger partial charge in [0.2, 0.25) is 5.95 Å². The smallest absolute Gasteiger partial charge is 0.268 e. The Bertz CT molecular complexity index is 1150. The molecule has 152 valence electrons. The van der Waals surface area contributed by atoms with Crippen LogP contribution < -0.4 is 10.1 Å². The quantitative estimate of drug-likeness (QED) is 0.431. The predicted octanol–water partition coefficient (Wildman–Crippen LogP) is 5.18. The van der Waals surface area contributed by atoms with E-state index in [9.17, 15) is 4.79 Å². The van der Waals surface area contributed by atoms with Crippen molar-refractivity contribution in [2.75, 3.05) is 5.32 Å². The Morgan fingerprint density at radius 1 is 1.17 bits per heavy atom. The number of halogens is 1. The second-order valence-corrected chi connectivity index (χ2v) is 8.12. The molecular formula is C22H19ClN4O2S. The molecule has 0 radical (unpaired) electrons. The van der Waals surface area contributed by atoms with Gasteiger partial charge in [0.15, 0.2) is 0 Å². The van der Waals surface area contributed by atoms with Gasteiger partial charge < -0.3 is 4.74 Å². The highest BCUT2D eigenvalue weighted by Gasteiger charge is 2.12. The van der Waals surface area contributed by atoms with Gasteiger partial charge in [-0.15, -0.1) is 16.4 Å². The van der Waals surface area contributed by atoms with Gasteiger partial charge in [-0.2, -0.15) is 0 Å². The fraction of sp³-hybridized carbons (Fsp3) is 0.136. The molecule has 0 saturated carbocycles. The van der Waals surface area contributed by atoms with Gasteiger partial charge in [-0.25, -0.2) is 9.67 Å². The molecule has 0 aliphatic carbocycles. The SMILES string of the molecule is Cc1cccc(OCc2csc(C(=O)Nc3ncn(Cc4ccc(Cl)cc4)n3)c2)c1. The number of benzene rings is 2. The van der Waals surface area contributed by atoms with Crippen LogP contribution >= 0.6 is 22.9 Å². The van der Waals surface area contributed by atoms with Gasteiger partial charge in [0.1, 0.15) is 18.7 Å². The zero-order valence-electron chi connectivity index (χ0n) is 16.2. The van der Waals surface area contributed by atoms with E-state index in [1.165, 1.54) is 11.3 Å². The summed E-state index contributed by atoms with van der Waals surface area (Å²) in [5, 5.41) is 9.64. The third-order valence-corrected chi connectivity index (χ3v) is 5.52. The first-order valence-electron chi connectivity index (χ1n) is 9.27. The van der Waals surface area contributed by atoms with Crippen molar-refractivity contribution in [3.8, 4) is 5.75 Å². The van der Waals surface area contributed by atoms with Crippen LogP contribution in [-0.2, 0) is 13.2 Å². The number of carbonyl (C=O) groups excluding carboxylic acids is 1. The third-order valence-electron chi connectivity index (χ3n) is 4.29. The molecule has 0 fully saturated rings. The molecular weight excluding hydrogens is 420 g/mol. The van der Waals surface area contributed by atoms with E-state index in [4.69, 9.17) is 16.3 Å². The van der Waals surface area contributed by atoms with Crippen LogP contribution in [0.25, 0.3) is 0 Å². The lowest BCUT2D eigenvalue weighted by atomic mass is 10.2. The third kappa shape index (κ3) is 5.25.